The molecule has 0 radical (unpaired) electrons. The largest absolute Gasteiger partial charge is 0.487 e. The van der Waals surface area contributed by atoms with Gasteiger partial charge in [0.15, 0.2) is 0 Å². The lowest BCUT2D eigenvalue weighted by Gasteiger charge is -2.16. The Morgan fingerprint density at radius 3 is 2.63 bits per heavy atom. The van der Waals surface area contributed by atoms with Crippen molar-refractivity contribution in [2.45, 2.75) is 25.6 Å². The van der Waals surface area contributed by atoms with Crippen molar-refractivity contribution in [2.24, 2.45) is 7.05 Å². The van der Waals surface area contributed by atoms with Gasteiger partial charge in [0.2, 0.25) is 0 Å². The lowest BCUT2D eigenvalue weighted by molar-refractivity contribution is -0.137. The van der Waals surface area contributed by atoms with Gasteiger partial charge >= 0.3 is 6.18 Å². The summed E-state index contributed by atoms with van der Waals surface area (Å²) in [5.41, 5.74) is 1.76. The van der Waals surface area contributed by atoms with Gasteiger partial charge in [-0.1, -0.05) is 36.4 Å². The fourth-order valence-electron chi connectivity index (χ4n) is 3.60. The highest BCUT2D eigenvalue weighted by molar-refractivity contribution is 5.92. The van der Waals surface area contributed by atoms with E-state index in [9.17, 15) is 18.0 Å². The number of hydrogen-bond donors (Lipinski definition) is 1. The molecule has 1 N–H and O–H groups in total. The molecule has 1 amide bonds. The number of nitrogens with one attached hydrogen (secondary N) is 1. The van der Waals surface area contributed by atoms with Gasteiger partial charge in [-0.2, -0.15) is 18.3 Å². The zero-order valence-electron chi connectivity index (χ0n) is 16.5. The number of fused-ring (bicyclic) bond motifs is 1. The van der Waals surface area contributed by atoms with Gasteiger partial charge in [0, 0.05) is 24.7 Å². The quantitative estimate of drug-likeness (QED) is 0.697. The standard InChI is InChI=1S/C22H20F3N3O2/c1-13-10-19(27-28(13)2)21(29)26-12-15-11-14-6-5-8-17(20(14)30-15)16-7-3-4-9-18(16)22(23,24)25/h3-10,15H,11-12H2,1-2H3,(H,26,29). The average Bonchev–Trinajstić information content (AvgIpc) is 3.28. The van der Waals surface area contributed by atoms with Gasteiger partial charge in [0.25, 0.3) is 5.91 Å². The Morgan fingerprint density at radius 1 is 1.20 bits per heavy atom. The second-order valence-electron chi connectivity index (χ2n) is 7.29. The summed E-state index contributed by atoms with van der Waals surface area (Å²) < 4.78 is 48.0. The molecular formula is C22H20F3N3O2. The Hall–Kier alpha value is -3.29. The van der Waals surface area contributed by atoms with Crippen molar-refractivity contribution in [1.29, 1.82) is 0 Å². The molecule has 0 spiro atoms. The van der Waals surface area contributed by atoms with Crippen LogP contribution < -0.4 is 10.1 Å². The summed E-state index contributed by atoms with van der Waals surface area (Å²) in [5, 5.41) is 6.93. The number of benzene rings is 2. The summed E-state index contributed by atoms with van der Waals surface area (Å²) in [7, 11) is 1.75. The molecule has 0 fully saturated rings. The van der Waals surface area contributed by atoms with Crippen LogP contribution >= 0.6 is 0 Å². The number of hydrogen-bond acceptors (Lipinski definition) is 3. The van der Waals surface area contributed by atoms with Gasteiger partial charge in [-0.05, 0) is 30.2 Å². The number of carbonyl (C=O) groups excluding carboxylic acids is 1. The number of aromatic nitrogens is 2. The molecule has 8 heteroatoms. The average molecular weight is 415 g/mol. The van der Waals surface area contributed by atoms with Gasteiger partial charge in [0.05, 0.1) is 12.1 Å². The van der Waals surface area contributed by atoms with Crippen molar-refractivity contribution in [1.82, 2.24) is 15.1 Å². The maximum absolute atomic E-state index is 13.5. The molecule has 1 aliphatic heterocycles. The number of carbonyl (C=O) groups is 1. The van der Waals surface area contributed by atoms with Crippen LogP contribution in [-0.4, -0.2) is 28.3 Å². The maximum Gasteiger partial charge on any atom is 0.417 e. The second kappa shape index (κ2) is 7.51. The molecule has 3 aromatic rings. The SMILES string of the molecule is Cc1cc(C(=O)NCC2Cc3cccc(-c4ccccc4C(F)(F)F)c3O2)nn1C. The number of amides is 1. The predicted molar refractivity (Wildman–Crippen MR) is 105 cm³/mol. The van der Waals surface area contributed by atoms with E-state index in [1.165, 1.54) is 12.1 Å². The molecule has 2 heterocycles. The summed E-state index contributed by atoms with van der Waals surface area (Å²) in [6.07, 6.45) is -4.33. The van der Waals surface area contributed by atoms with E-state index < -0.39 is 11.7 Å². The normalized spacial score (nSPS) is 15.6. The van der Waals surface area contributed by atoms with Gasteiger partial charge in [-0.25, -0.2) is 0 Å². The lowest BCUT2D eigenvalue weighted by atomic mass is 9.96. The minimum Gasteiger partial charge on any atom is -0.487 e. The fraction of sp³-hybridized carbons (Fsp3) is 0.273. The van der Waals surface area contributed by atoms with E-state index in [1.807, 2.05) is 13.0 Å². The van der Waals surface area contributed by atoms with Crippen LogP contribution in [0.25, 0.3) is 11.1 Å². The molecule has 1 atom stereocenters. The predicted octanol–water partition coefficient (Wildman–Crippen LogP) is 4.15. The van der Waals surface area contributed by atoms with Crippen molar-refractivity contribution in [3.05, 3.63) is 71.0 Å². The molecule has 0 saturated heterocycles. The van der Waals surface area contributed by atoms with Gasteiger partial charge < -0.3 is 10.1 Å². The first-order valence-corrected chi connectivity index (χ1v) is 9.48. The maximum atomic E-state index is 13.5. The third kappa shape index (κ3) is 3.77. The van der Waals surface area contributed by atoms with Crippen molar-refractivity contribution in [3.8, 4) is 16.9 Å². The molecule has 5 nitrogen and oxygen atoms in total. The second-order valence-corrected chi connectivity index (χ2v) is 7.29. The molecule has 1 aliphatic rings. The molecule has 2 aromatic carbocycles. The van der Waals surface area contributed by atoms with Gasteiger partial charge in [0.1, 0.15) is 17.5 Å². The third-order valence-electron chi connectivity index (χ3n) is 5.19. The molecule has 0 saturated carbocycles. The Kier molecular flexibility index (Phi) is 5.01. The van der Waals surface area contributed by atoms with E-state index in [-0.39, 0.29) is 24.1 Å². The Balaban J connectivity index is 1.53. The van der Waals surface area contributed by atoms with E-state index in [2.05, 4.69) is 10.4 Å². The summed E-state index contributed by atoms with van der Waals surface area (Å²) >= 11 is 0. The van der Waals surface area contributed by atoms with Crippen LogP contribution in [-0.2, 0) is 19.6 Å². The first-order chi connectivity index (χ1) is 14.2. The van der Waals surface area contributed by atoms with Crippen LogP contribution in [0.15, 0.2) is 48.5 Å². The summed E-state index contributed by atoms with van der Waals surface area (Å²) in [6.45, 7) is 2.07. The Morgan fingerprint density at radius 2 is 1.93 bits per heavy atom. The number of nitrogens with zero attached hydrogens (tertiary/aromatic N) is 2. The van der Waals surface area contributed by atoms with Gasteiger partial charge in [-0.3, -0.25) is 9.48 Å². The minimum absolute atomic E-state index is 0.0792. The van der Waals surface area contributed by atoms with E-state index in [0.29, 0.717) is 23.4 Å². The zero-order chi connectivity index (χ0) is 21.5. The van der Waals surface area contributed by atoms with Crippen molar-refractivity contribution >= 4 is 5.91 Å². The smallest absolute Gasteiger partial charge is 0.417 e. The van der Waals surface area contributed by atoms with Crippen molar-refractivity contribution in [3.63, 3.8) is 0 Å². The van der Waals surface area contributed by atoms with Crippen LogP contribution in [0.3, 0.4) is 0 Å². The van der Waals surface area contributed by atoms with Crippen LogP contribution in [0.2, 0.25) is 0 Å². The third-order valence-corrected chi connectivity index (χ3v) is 5.19. The van der Waals surface area contributed by atoms with Crippen molar-refractivity contribution in [2.75, 3.05) is 6.54 Å². The Bertz CT molecular complexity index is 1090. The van der Waals surface area contributed by atoms with Crippen LogP contribution in [0.5, 0.6) is 5.75 Å². The molecule has 1 aromatic heterocycles. The van der Waals surface area contributed by atoms with Crippen molar-refractivity contribution < 1.29 is 22.7 Å². The number of alkyl halides is 3. The molecule has 0 aliphatic carbocycles. The summed E-state index contributed by atoms with van der Waals surface area (Å²) in [5.74, 6) is 0.114. The van der Waals surface area contributed by atoms with Crippen LogP contribution in [0.1, 0.15) is 27.3 Å². The number of ether oxygens (including phenoxy) is 1. The number of halogens is 3. The molecule has 0 bridgehead atoms. The highest BCUT2D eigenvalue weighted by atomic mass is 19.4. The molecule has 1 unspecified atom stereocenters. The number of para-hydroxylation sites is 1. The van der Waals surface area contributed by atoms with Gasteiger partial charge in [-0.15, -0.1) is 0 Å². The first-order valence-electron chi connectivity index (χ1n) is 9.48. The van der Waals surface area contributed by atoms with E-state index >= 15 is 0 Å². The molecular weight excluding hydrogens is 395 g/mol. The highest BCUT2D eigenvalue weighted by Gasteiger charge is 2.35. The minimum atomic E-state index is -4.47. The van der Waals surface area contributed by atoms with Crippen LogP contribution in [0.4, 0.5) is 13.2 Å². The van der Waals surface area contributed by atoms with Crippen LogP contribution in [0, 0.1) is 6.92 Å². The Labute approximate surface area is 171 Å². The fourth-order valence-corrected chi connectivity index (χ4v) is 3.60. The molecule has 4 rings (SSSR count). The first kappa shape index (κ1) is 20.0. The monoisotopic (exact) mass is 415 g/mol. The molecule has 30 heavy (non-hydrogen) atoms. The van der Waals surface area contributed by atoms with E-state index in [1.54, 1.807) is 36.0 Å². The zero-order valence-corrected chi connectivity index (χ0v) is 16.5. The number of rotatable bonds is 4. The topological polar surface area (TPSA) is 56.1 Å². The van der Waals surface area contributed by atoms with E-state index in [0.717, 1.165) is 17.3 Å². The summed E-state index contributed by atoms with van der Waals surface area (Å²) in [6, 6.07) is 12.3. The number of aryl methyl sites for hydroxylation is 2. The molecule has 156 valence electrons. The van der Waals surface area contributed by atoms with E-state index in [4.69, 9.17) is 4.74 Å². The lowest BCUT2D eigenvalue weighted by Crippen LogP contribution is -2.34. The highest BCUT2D eigenvalue weighted by Crippen LogP contribution is 2.43. The summed E-state index contributed by atoms with van der Waals surface area (Å²) in [4.78, 5) is 12.3.